The standard InChI is InChI=1S/C19H26ClNO4/c1-3-24-17(22)10-12-21-19(13-18(23)25-4-2)11-6-7-14-15(19)8-5-9-16(14)20/h5,8-9,21H,3-4,6-7,10-13H2,1-2H3. The second kappa shape index (κ2) is 9.20. The topological polar surface area (TPSA) is 64.6 Å². The quantitative estimate of drug-likeness (QED) is 0.714. The molecule has 1 aliphatic rings. The van der Waals surface area contributed by atoms with E-state index >= 15 is 0 Å². The number of carbonyl (C=O) groups excluding carboxylic acids is 2. The Morgan fingerprint density at radius 1 is 1.20 bits per heavy atom. The number of carbonyl (C=O) groups is 2. The molecule has 0 amide bonds. The molecule has 5 nitrogen and oxygen atoms in total. The Balaban J connectivity index is 2.24. The van der Waals surface area contributed by atoms with E-state index in [9.17, 15) is 9.59 Å². The SMILES string of the molecule is CCOC(=O)CCNC1(CC(=O)OCC)CCCc2c(Cl)cccc21. The summed E-state index contributed by atoms with van der Waals surface area (Å²) >= 11 is 6.37. The first kappa shape index (κ1) is 19.7. The van der Waals surface area contributed by atoms with Gasteiger partial charge in [0.05, 0.1) is 31.6 Å². The molecule has 0 saturated carbocycles. The zero-order valence-corrected chi connectivity index (χ0v) is 15.7. The van der Waals surface area contributed by atoms with E-state index in [4.69, 9.17) is 21.1 Å². The minimum Gasteiger partial charge on any atom is -0.466 e. The summed E-state index contributed by atoms with van der Waals surface area (Å²) in [5.41, 5.74) is 1.54. The van der Waals surface area contributed by atoms with Crippen molar-refractivity contribution in [3.63, 3.8) is 0 Å². The Bertz CT molecular complexity index is 619. The molecule has 1 aromatic carbocycles. The van der Waals surface area contributed by atoms with E-state index < -0.39 is 5.54 Å². The monoisotopic (exact) mass is 367 g/mol. The summed E-state index contributed by atoms with van der Waals surface area (Å²) < 4.78 is 10.2. The number of fused-ring (bicyclic) bond motifs is 1. The van der Waals surface area contributed by atoms with Crippen LogP contribution in [-0.2, 0) is 31.0 Å². The van der Waals surface area contributed by atoms with Gasteiger partial charge in [0.15, 0.2) is 0 Å². The third kappa shape index (κ3) is 4.95. The highest BCUT2D eigenvalue weighted by molar-refractivity contribution is 6.31. The molecule has 25 heavy (non-hydrogen) atoms. The molecular formula is C19H26ClNO4. The van der Waals surface area contributed by atoms with Crippen LogP contribution in [0.1, 0.15) is 50.7 Å². The predicted molar refractivity (Wildman–Crippen MR) is 96.6 cm³/mol. The molecular weight excluding hydrogens is 342 g/mol. The maximum absolute atomic E-state index is 12.2. The molecule has 6 heteroatoms. The molecule has 0 bridgehead atoms. The normalized spacial score (nSPS) is 19.2. The fourth-order valence-corrected chi connectivity index (χ4v) is 3.76. The van der Waals surface area contributed by atoms with Gasteiger partial charge in [0.25, 0.3) is 0 Å². The van der Waals surface area contributed by atoms with E-state index in [0.29, 0.717) is 19.8 Å². The van der Waals surface area contributed by atoms with Gasteiger partial charge in [-0.3, -0.25) is 9.59 Å². The average molecular weight is 368 g/mol. The summed E-state index contributed by atoms with van der Waals surface area (Å²) in [5.74, 6) is -0.498. The Morgan fingerprint density at radius 2 is 1.92 bits per heavy atom. The second-order valence-electron chi connectivity index (χ2n) is 6.17. The van der Waals surface area contributed by atoms with Crippen molar-refractivity contribution in [2.24, 2.45) is 0 Å². The van der Waals surface area contributed by atoms with Crippen molar-refractivity contribution < 1.29 is 19.1 Å². The lowest BCUT2D eigenvalue weighted by Gasteiger charge is -2.40. The van der Waals surface area contributed by atoms with Gasteiger partial charge in [-0.25, -0.2) is 0 Å². The summed E-state index contributed by atoms with van der Waals surface area (Å²) in [6.45, 7) is 4.73. The van der Waals surface area contributed by atoms with E-state index in [2.05, 4.69) is 5.32 Å². The molecule has 0 saturated heterocycles. The van der Waals surface area contributed by atoms with Gasteiger partial charge in [0.2, 0.25) is 0 Å². The zero-order chi connectivity index (χ0) is 18.3. The highest BCUT2D eigenvalue weighted by Gasteiger charge is 2.39. The summed E-state index contributed by atoms with van der Waals surface area (Å²) in [6, 6.07) is 5.79. The van der Waals surface area contributed by atoms with Gasteiger partial charge in [-0.1, -0.05) is 23.7 Å². The first-order chi connectivity index (χ1) is 12.0. The molecule has 1 N–H and O–H groups in total. The molecule has 0 radical (unpaired) electrons. The van der Waals surface area contributed by atoms with Gasteiger partial charge < -0.3 is 14.8 Å². The van der Waals surface area contributed by atoms with Crippen LogP contribution in [0.25, 0.3) is 0 Å². The van der Waals surface area contributed by atoms with Crippen molar-refractivity contribution in [1.82, 2.24) is 5.32 Å². The van der Waals surface area contributed by atoms with Gasteiger partial charge in [-0.05, 0) is 50.3 Å². The average Bonchev–Trinajstić information content (AvgIpc) is 2.56. The summed E-state index contributed by atoms with van der Waals surface area (Å²) in [5, 5.41) is 4.16. The van der Waals surface area contributed by atoms with Crippen LogP contribution in [0.4, 0.5) is 0 Å². The predicted octanol–water partition coefficient (Wildman–Crippen LogP) is 3.37. The largest absolute Gasteiger partial charge is 0.466 e. The van der Waals surface area contributed by atoms with Crippen LogP contribution in [0.2, 0.25) is 5.02 Å². The number of rotatable bonds is 8. The maximum Gasteiger partial charge on any atom is 0.308 e. The Kier molecular flexibility index (Phi) is 7.26. The molecule has 1 aromatic rings. The number of benzene rings is 1. The van der Waals surface area contributed by atoms with Crippen molar-refractivity contribution in [2.75, 3.05) is 19.8 Å². The number of nitrogens with one attached hydrogen (secondary N) is 1. The highest BCUT2D eigenvalue weighted by atomic mass is 35.5. The number of hydrogen-bond donors (Lipinski definition) is 1. The molecule has 1 atom stereocenters. The number of esters is 2. The zero-order valence-electron chi connectivity index (χ0n) is 14.9. The molecule has 0 aliphatic heterocycles. The van der Waals surface area contributed by atoms with E-state index in [1.807, 2.05) is 18.2 Å². The first-order valence-corrected chi connectivity index (χ1v) is 9.24. The van der Waals surface area contributed by atoms with Crippen LogP contribution in [0.3, 0.4) is 0 Å². The van der Waals surface area contributed by atoms with Gasteiger partial charge in [0.1, 0.15) is 0 Å². The lowest BCUT2D eigenvalue weighted by molar-refractivity contribution is -0.145. The van der Waals surface area contributed by atoms with Gasteiger partial charge >= 0.3 is 11.9 Å². The number of halogens is 1. The van der Waals surface area contributed by atoms with Gasteiger partial charge in [0, 0.05) is 11.6 Å². The molecule has 1 unspecified atom stereocenters. The lowest BCUT2D eigenvalue weighted by atomic mass is 9.74. The van der Waals surface area contributed by atoms with Crippen molar-refractivity contribution in [2.45, 2.75) is 51.5 Å². The fourth-order valence-electron chi connectivity index (χ4n) is 3.49. The van der Waals surface area contributed by atoms with Crippen molar-refractivity contribution in [1.29, 1.82) is 0 Å². The fraction of sp³-hybridized carbons (Fsp3) is 0.579. The molecule has 138 valence electrons. The Hall–Kier alpha value is -1.59. The second-order valence-corrected chi connectivity index (χ2v) is 6.57. The lowest BCUT2D eigenvalue weighted by Crippen LogP contribution is -2.47. The summed E-state index contributed by atoms with van der Waals surface area (Å²) in [7, 11) is 0. The van der Waals surface area contributed by atoms with Gasteiger partial charge in [-0.2, -0.15) is 0 Å². The van der Waals surface area contributed by atoms with E-state index in [0.717, 1.165) is 35.4 Å². The maximum atomic E-state index is 12.2. The van der Waals surface area contributed by atoms with Crippen LogP contribution in [0, 0.1) is 0 Å². The number of hydrogen-bond acceptors (Lipinski definition) is 5. The van der Waals surface area contributed by atoms with Crippen molar-refractivity contribution in [3.05, 3.63) is 34.3 Å². The van der Waals surface area contributed by atoms with E-state index in [1.54, 1.807) is 13.8 Å². The van der Waals surface area contributed by atoms with Crippen molar-refractivity contribution in [3.8, 4) is 0 Å². The Labute approximate surface area is 154 Å². The third-order valence-corrected chi connectivity index (χ3v) is 4.87. The van der Waals surface area contributed by atoms with Crippen LogP contribution >= 0.6 is 11.6 Å². The van der Waals surface area contributed by atoms with Crippen molar-refractivity contribution >= 4 is 23.5 Å². The van der Waals surface area contributed by atoms with Crippen LogP contribution in [0.5, 0.6) is 0 Å². The first-order valence-electron chi connectivity index (χ1n) is 8.86. The molecule has 0 spiro atoms. The highest BCUT2D eigenvalue weighted by Crippen LogP contribution is 2.40. The summed E-state index contributed by atoms with van der Waals surface area (Å²) in [6.07, 6.45) is 3.08. The molecule has 1 aliphatic carbocycles. The van der Waals surface area contributed by atoms with Crippen LogP contribution in [-0.4, -0.2) is 31.7 Å². The minimum absolute atomic E-state index is 0.219. The summed E-state index contributed by atoms with van der Waals surface area (Å²) in [4.78, 5) is 23.9. The van der Waals surface area contributed by atoms with E-state index in [1.165, 1.54) is 0 Å². The molecule has 2 rings (SSSR count). The molecule has 0 aromatic heterocycles. The third-order valence-electron chi connectivity index (χ3n) is 4.51. The Morgan fingerprint density at radius 3 is 2.64 bits per heavy atom. The smallest absolute Gasteiger partial charge is 0.308 e. The molecule has 0 fully saturated rings. The molecule has 0 heterocycles. The van der Waals surface area contributed by atoms with Gasteiger partial charge in [-0.15, -0.1) is 0 Å². The van der Waals surface area contributed by atoms with Crippen LogP contribution < -0.4 is 5.32 Å². The van der Waals surface area contributed by atoms with E-state index in [-0.39, 0.29) is 24.8 Å². The minimum atomic E-state index is -0.558. The van der Waals surface area contributed by atoms with Crippen LogP contribution in [0.15, 0.2) is 18.2 Å². The number of ether oxygens (including phenoxy) is 2.